The summed E-state index contributed by atoms with van der Waals surface area (Å²) < 4.78 is 33.3. The smallest absolute Gasteiger partial charge is 0.306 e. The molecule has 0 aromatic heterocycles. The van der Waals surface area contributed by atoms with Gasteiger partial charge < -0.3 is 9.64 Å². The second-order valence-corrected chi connectivity index (χ2v) is 8.37. The van der Waals surface area contributed by atoms with Gasteiger partial charge in [-0.25, -0.2) is 0 Å². The molecule has 2 aliphatic rings. The van der Waals surface area contributed by atoms with E-state index in [1.54, 1.807) is 15.7 Å². The molecule has 0 aromatic rings. The third kappa shape index (κ3) is 4.89. The van der Waals surface area contributed by atoms with Gasteiger partial charge in [0, 0.05) is 45.8 Å². The first-order valence-electron chi connectivity index (χ1n) is 8.47. The molecule has 0 atom stereocenters. The zero-order valence-corrected chi connectivity index (χ0v) is 15.1. The van der Waals surface area contributed by atoms with Gasteiger partial charge in [-0.05, 0) is 12.8 Å². The summed E-state index contributed by atoms with van der Waals surface area (Å²) in [6.07, 6.45) is 5.73. The lowest BCUT2D eigenvalue weighted by Gasteiger charge is -2.38. The van der Waals surface area contributed by atoms with E-state index in [9.17, 15) is 13.2 Å². The normalized spacial score (nSPS) is 22.4. The number of hydrogen-bond donors (Lipinski definition) is 0. The highest BCUT2D eigenvalue weighted by Gasteiger charge is 2.34. The monoisotopic (exact) mass is 347 g/mol. The molecule has 1 aliphatic heterocycles. The minimum Gasteiger partial charge on any atom is -0.469 e. The van der Waals surface area contributed by atoms with Crippen LogP contribution in [0, 0.1) is 0 Å². The summed E-state index contributed by atoms with van der Waals surface area (Å²) in [4.78, 5) is 13.3. The number of piperazine rings is 1. The Hall–Kier alpha value is -0.700. The number of nitrogens with zero attached hydrogens (tertiary/aromatic N) is 3. The van der Waals surface area contributed by atoms with Crippen molar-refractivity contribution in [1.29, 1.82) is 0 Å². The topological polar surface area (TPSA) is 70.2 Å². The fourth-order valence-corrected chi connectivity index (χ4v) is 4.93. The zero-order chi connectivity index (χ0) is 16.9. The maximum absolute atomic E-state index is 12.8. The molecular weight excluding hydrogens is 318 g/mol. The molecule has 2 rings (SSSR count). The molecule has 1 saturated carbocycles. The fourth-order valence-electron chi connectivity index (χ4n) is 3.35. The minimum atomic E-state index is -3.37. The van der Waals surface area contributed by atoms with Gasteiger partial charge in [0.1, 0.15) is 0 Å². The molecule has 134 valence electrons. The average molecular weight is 347 g/mol. The largest absolute Gasteiger partial charge is 0.469 e. The van der Waals surface area contributed by atoms with Crippen LogP contribution < -0.4 is 0 Å². The van der Waals surface area contributed by atoms with Gasteiger partial charge in [0.2, 0.25) is 0 Å². The van der Waals surface area contributed by atoms with Crippen LogP contribution in [-0.4, -0.2) is 80.8 Å². The highest BCUT2D eigenvalue weighted by atomic mass is 32.2. The van der Waals surface area contributed by atoms with Crippen molar-refractivity contribution in [3.8, 4) is 0 Å². The molecule has 1 heterocycles. The molecule has 0 unspecified atom stereocenters. The third-order valence-corrected chi connectivity index (χ3v) is 7.01. The molecule has 7 nitrogen and oxygen atoms in total. The molecule has 1 saturated heterocycles. The van der Waals surface area contributed by atoms with Crippen molar-refractivity contribution >= 4 is 16.2 Å². The van der Waals surface area contributed by atoms with E-state index in [4.69, 9.17) is 0 Å². The summed E-state index contributed by atoms with van der Waals surface area (Å²) in [5.74, 6) is -0.225. The van der Waals surface area contributed by atoms with Gasteiger partial charge in [-0.3, -0.25) is 4.79 Å². The lowest BCUT2D eigenvalue weighted by Crippen LogP contribution is -2.54. The zero-order valence-electron chi connectivity index (χ0n) is 14.2. The molecule has 2 fully saturated rings. The second kappa shape index (κ2) is 8.41. The number of esters is 1. The Morgan fingerprint density at radius 1 is 1.13 bits per heavy atom. The van der Waals surface area contributed by atoms with E-state index in [1.807, 2.05) is 0 Å². The Bertz CT molecular complexity index is 483. The van der Waals surface area contributed by atoms with Crippen molar-refractivity contribution in [3.05, 3.63) is 0 Å². The summed E-state index contributed by atoms with van der Waals surface area (Å²) >= 11 is 0. The van der Waals surface area contributed by atoms with Crippen molar-refractivity contribution in [2.45, 2.75) is 44.6 Å². The van der Waals surface area contributed by atoms with Crippen LogP contribution in [0.25, 0.3) is 0 Å². The summed E-state index contributed by atoms with van der Waals surface area (Å²) in [5.41, 5.74) is 0. The van der Waals surface area contributed by atoms with Crippen molar-refractivity contribution in [2.24, 2.45) is 0 Å². The Morgan fingerprint density at radius 3 is 2.30 bits per heavy atom. The SMILES string of the molecule is COC(=O)CCN1CCN(S(=O)(=O)N(C)C2CCCCC2)CC1. The third-order valence-electron chi connectivity index (χ3n) is 4.97. The first kappa shape index (κ1) is 18.6. The molecule has 0 amide bonds. The Labute approximate surface area is 139 Å². The van der Waals surface area contributed by atoms with Crippen LogP contribution in [0.15, 0.2) is 0 Å². The van der Waals surface area contributed by atoms with Crippen molar-refractivity contribution < 1.29 is 17.9 Å². The first-order valence-corrected chi connectivity index (χ1v) is 9.87. The van der Waals surface area contributed by atoms with E-state index in [2.05, 4.69) is 9.64 Å². The molecular formula is C15H29N3O4S. The van der Waals surface area contributed by atoms with E-state index in [0.29, 0.717) is 39.1 Å². The molecule has 0 spiro atoms. The first-order chi connectivity index (χ1) is 10.9. The minimum absolute atomic E-state index is 0.145. The van der Waals surface area contributed by atoms with Gasteiger partial charge in [-0.2, -0.15) is 17.0 Å². The average Bonchev–Trinajstić information content (AvgIpc) is 2.60. The Balaban J connectivity index is 1.84. The summed E-state index contributed by atoms with van der Waals surface area (Å²) in [7, 11) is -0.273. The van der Waals surface area contributed by atoms with Gasteiger partial charge >= 0.3 is 5.97 Å². The quantitative estimate of drug-likeness (QED) is 0.661. The van der Waals surface area contributed by atoms with Crippen LogP contribution in [0.4, 0.5) is 0 Å². The lowest BCUT2D eigenvalue weighted by atomic mass is 9.96. The summed E-state index contributed by atoms with van der Waals surface area (Å²) in [5, 5.41) is 0. The highest BCUT2D eigenvalue weighted by Crippen LogP contribution is 2.25. The van der Waals surface area contributed by atoms with Gasteiger partial charge in [0.05, 0.1) is 13.5 Å². The van der Waals surface area contributed by atoms with E-state index in [-0.39, 0.29) is 12.0 Å². The van der Waals surface area contributed by atoms with Crippen LogP contribution in [0.2, 0.25) is 0 Å². The molecule has 23 heavy (non-hydrogen) atoms. The summed E-state index contributed by atoms with van der Waals surface area (Å²) in [6, 6.07) is 0.145. The van der Waals surface area contributed by atoms with E-state index in [1.165, 1.54) is 13.5 Å². The molecule has 1 aliphatic carbocycles. The van der Waals surface area contributed by atoms with Crippen LogP contribution >= 0.6 is 0 Å². The van der Waals surface area contributed by atoms with Crippen LogP contribution in [0.5, 0.6) is 0 Å². The highest BCUT2D eigenvalue weighted by molar-refractivity contribution is 7.86. The van der Waals surface area contributed by atoms with Crippen molar-refractivity contribution in [2.75, 3.05) is 46.9 Å². The molecule has 0 N–H and O–H groups in total. The second-order valence-electron chi connectivity index (χ2n) is 6.38. The van der Waals surface area contributed by atoms with Crippen molar-refractivity contribution in [1.82, 2.24) is 13.5 Å². The predicted octanol–water partition coefficient (Wildman–Crippen LogP) is 0.676. The van der Waals surface area contributed by atoms with Gasteiger partial charge in [0.15, 0.2) is 0 Å². The lowest BCUT2D eigenvalue weighted by molar-refractivity contribution is -0.141. The maximum Gasteiger partial charge on any atom is 0.306 e. The standard InChI is InChI=1S/C15H29N3O4S/c1-16(14-6-4-3-5-7-14)23(20,21)18-12-10-17(11-13-18)9-8-15(19)22-2/h14H,3-13H2,1-2H3. The van der Waals surface area contributed by atoms with Crippen LogP contribution in [0.3, 0.4) is 0 Å². The van der Waals surface area contributed by atoms with Crippen molar-refractivity contribution in [3.63, 3.8) is 0 Å². The predicted molar refractivity (Wildman–Crippen MR) is 88.2 cm³/mol. The molecule has 8 heteroatoms. The molecule has 0 aromatic carbocycles. The van der Waals surface area contributed by atoms with Gasteiger partial charge in [0.25, 0.3) is 10.2 Å². The number of carbonyl (C=O) groups is 1. The number of rotatable bonds is 6. The van der Waals surface area contributed by atoms with Crippen LogP contribution in [-0.2, 0) is 19.7 Å². The Morgan fingerprint density at radius 2 is 1.74 bits per heavy atom. The number of carbonyl (C=O) groups excluding carboxylic acids is 1. The fraction of sp³-hybridized carbons (Fsp3) is 0.933. The van der Waals surface area contributed by atoms with E-state index in [0.717, 1.165) is 25.7 Å². The number of methoxy groups -OCH3 is 1. The van der Waals surface area contributed by atoms with E-state index >= 15 is 0 Å². The maximum atomic E-state index is 12.8. The van der Waals surface area contributed by atoms with Crippen LogP contribution in [0.1, 0.15) is 38.5 Å². The Kier molecular flexibility index (Phi) is 6.82. The van der Waals surface area contributed by atoms with Gasteiger partial charge in [-0.15, -0.1) is 0 Å². The van der Waals surface area contributed by atoms with Gasteiger partial charge in [-0.1, -0.05) is 19.3 Å². The summed E-state index contributed by atoms with van der Waals surface area (Å²) in [6.45, 7) is 2.92. The molecule has 0 bridgehead atoms. The van der Waals surface area contributed by atoms with E-state index < -0.39 is 10.2 Å². The number of ether oxygens (including phenoxy) is 1. The number of hydrogen-bond acceptors (Lipinski definition) is 5. The molecule has 0 radical (unpaired) electrons.